The molecule has 2 heterocycles. The molecule has 15 heteroatoms. The fraction of sp³-hybridized carbons (Fsp3) is 0.370. The third-order valence-corrected chi connectivity index (χ3v) is 7.84. The lowest BCUT2D eigenvalue weighted by molar-refractivity contribution is -0.152. The molecule has 2 aromatic heterocycles. The van der Waals surface area contributed by atoms with Crippen molar-refractivity contribution in [3.63, 3.8) is 0 Å². The van der Waals surface area contributed by atoms with Crippen LogP contribution in [0.3, 0.4) is 0 Å². The van der Waals surface area contributed by atoms with Crippen LogP contribution >= 0.6 is 23.2 Å². The molecule has 0 aliphatic heterocycles. The summed E-state index contributed by atoms with van der Waals surface area (Å²) in [5.74, 6) is -5.22. The van der Waals surface area contributed by atoms with Crippen molar-refractivity contribution < 1.29 is 41.4 Å². The van der Waals surface area contributed by atoms with Crippen LogP contribution in [0, 0.1) is 17.0 Å². The monoisotopic (exact) mass is 632 g/mol. The molecule has 8 nitrogen and oxygen atoms in total. The molecule has 224 valence electrons. The number of nitrogens with zero attached hydrogens (tertiary/aromatic N) is 4. The molecule has 0 saturated heterocycles. The summed E-state index contributed by atoms with van der Waals surface area (Å²) in [5.41, 5.74) is -3.77. The van der Waals surface area contributed by atoms with E-state index < -0.39 is 71.3 Å². The fourth-order valence-electron chi connectivity index (χ4n) is 5.00. The Hall–Kier alpha value is -3.58. The van der Waals surface area contributed by atoms with E-state index in [1.54, 1.807) is 0 Å². The summed E-state index contributed by atoms with van der Waals surface area (Å²) in [6.45, 7) is 0.00541. The lowest BCUT2D eigenvalue weighted by Gasteiger charge is -2.34. The highest BCUT2D eigenvalue weighted by Gasteiger charge is 2.45. The van der Waals surface area contributed by atoms with Crippen molar-refractivity contribution >= 4 is 40.9 Å². The maximum atomic E-state index is 14.4. The first kappa shape index (κ1) is 31.4. The van der Waals surface area contributed by atoms with Gasteiger partial charge < -0.3 is 10.0 Å². The van der Waals surface area contributed by atoms with Gasteiger partial charge in [-0.05, 0) is 50.3 Å². The van der Waals surface area contributed by atoms with Crippen LogP contribution in [-0.4, -0.2) is 49.0 Å². The van der Waals surface area contributed by atoms with Crippen LogP contribution in [0.1, 0.15) is 70.6 Å². The molecule has 1 aliphatic carbocycles. The zero-order valence-corrected chi connectivity index (χ0v) is 23.4. The SMILES string of the molecule is CC1(C(=O)O)CCC(n2ncc(C(=O)N(CC(=O)c3c(Cl)cncc3Cl)Cc3cc(F)cc(F)c3)c2C(F)(F)F)CC1. The molecule has 0 unspecified atom stereocenters. The summed E-state index contributed by atoms with van der Waals surface area (Å²) in [5, 5.41) is 13.0. The van der Waals surface area contributed by atoms with E-state index in [4.69, 9.17) is 23.2 Å². The van der Waals surface area contributed by atoms with Crippen LogP contribution in [0.4, 0.5) is 22.0 Å². The largest absolute Gasteiger partial charge is 0.481 e. The third kappa shape index (κ3) is 6.57. The van der Waals surface area contributed by atoms with Gasteiger partial charge in [-0.25, -0.2) is 8.78 Å². The number of aliphatic carboxylic acids is 1. The minimum Gasteiger partial charge on any atom is -0.481 e. The summed E-state index contributed by atoms with van der Waals surface area (Å²) < 4.78 is 71.8. The summed E-state index contributed by atoms with van der Waals surface area (Å²) >= 11 is 12.1. The Bertz CT molecular complexity index is 1500. The summed E-state index contributed by atoms with van der Waals surface area (Å²) in [6.07, 6.45) is -1.84. The van der Waals surface area contributed by atoms with Crippen LogP contribution in [-0.2, 0) is 17.5 Å². The number of rotatable bonds is 8. The molecular formula is C27H23Cl2F5N4O4. The van der Waals surface area contributed by atoms with Crippen molar-refractivity contribution in [2.45, 2.75) is 51.4 Å². The van der Waals surface area contributed by atoms with Gasteiger partial charge in [-0.3, -0.25) is 24.0 Å². The van der Waals surface area contributed by atoms with Gasteiger partial charge in [0.1, 0.15) is 11.6 Å². The van der Waals surface area contributed by atoms with Gasteiger partial charge in [0, 0.05) is 25.0 Å². The van der Waals surface area contributed by atoms with Crippen LogP contribution in [0.25, 0.3) is 0 Å². The van der Waals surface area contributed by atoms with Crippen LogP contribution in [0.2, 0.25) is 10.0 Å². The van der Waals surface area contributed by atoms with E-state index in [1.807, 2.05) is 0 Å². The highest BCUT2D eigenvalue weighted by Crippen LogP contribution is 2.43. The number of Topliss-reactive ketones (excluding diaryl/α,β-unsaturated/α-hetero) is 1. The smallest absolute Gasteiger partial charge is 0.433 e. The van der Waals surface area contributed by atoms with E-state index in [0.29, 0.717) is 21.8 Å². The first-order chi connectivity index (χ1) is 19.6. The highest BCUT2D eigenvalue weighted by atomic mass is 35.5. The number of pyridine rings is 1. The van der Waals surface area contributed by atoms with Crippen molar-refractivity contribution in [2.75, 3.05) is 6.54 Å². The second-order valence-electron chi connectivity index (χ2n) is 10.3. The molecular weight excluding hydrogens is 610 g/mol. The molecule has 1 saturated carbocycles. The van der Waals surface area contributed by atoms with Crippen molar-refractivity contribution in [3.05, 3.63) is 80.9 Å². The summed E-state index contributed by atoms with van der Waals surface area (Å²) in [7, 11) is 0. The molecule has 0 atom stereocenters. The highest BCUT2D eigenvalue weighted by molar-refractivity contribution is 6.39. The van der Waals surface area contributed by atoms with Gasteiger partial charge in [-0.2, -0.15) is 18.3 Å². The molecule has 1 amide bonds. The molecule has 42 heavy (non-hydrogen) atoms. The molecule has 1 fully saturated rings. The number of halogens is 7. The van der Waals surface area contributed by atoms with Crippen LogP contribution in [0.5, 0.6) is 0 Å². The average Bonchev–Trinajstić information content (AvgIpc) is 3.33. The Morgan fingerprint density at radius 2 is 1.62 bits per heavy atom. The van der Waals surface area contributed by atoms with Gasteiger partial charge in [0.05, 0.1) is 45.4 Å². The predicted molar refractivity (Wildman–Crippen MR) is 140 cm³/mol. The Morgan fingerprint density at radius 3 is 2.14 bits per heavy atom. The maximum Gasteiger partial charge on any atom is 0.433 e. The molecule has 1 aliphatic rings. The number of aromatic nitrogens is 3. The number of carboxylic acid groups (broad SMARTS) is 1. The molecule has 1 aromatic carbocycles. The predicted octanol–water partition coefficient (Wildman–Crippen LogP) is 6.61. The lowest BCUT2D eigenvalue weighted by atomic mass is 9.74. The Morgan fingerprint density at radius 1 is 1.05 bits per heavy atom. The van der Waals surface area contributed by atoms with Gasteiger partial charge in [0.15, 0.2) is 11.5 Å². The molecule has 3 aromatic rings. The fourth-order valence-corrected chi connectivity index (χ4v) is 5.57. The first-order valence-corrected chi connectivity index (χ1v) is 13.3. The van der Waals surface area contributed by atoms with Crippen LogP contribution < -0.4 is 0 Å². The Labute approximate surface area is 246 Å². The van der Waals surface area contributed by atoms with Crippen molar-refractivity contribution in [2.24, 2.45) is 5.41 Å². The molecule has 0 spiro atoms. The van der Waals surface area contributed by atoms with E-state index in [-0.39, 0.29) is 46.9 Å². The second-order valence-corrected chi connectivity index (χ2v) is 11.1. The van der Waals surface area contributed by atoms with Crippen LogP contribution in [0.15, 0.2) is 36.8 Å². The van der Waals surface area contributed by atoms with E-state index in [2.05, 4.69) is 10.1 Å². The Kier molecular flexibility index (Phi) is 8.93. The minimum atomic E-state index is -5.08. The topological polar surface area (TPSA) is 105 Å². The molecule has 4 rings (SSSR count). The number of ketones is 1. The van der Waals surface area contributed by atoms with Gasteiger partial charge in [0.25, 0.3) is 5.91 Å². The van der Waals surface area contributed by atoms with Gasteiger partial charge in [-0.1, -0.05) is 23.2 Å². The van der Waals surface area contributed by atoms with E-state index in [1.165, 1.54) is 6.92 Å². The Balaban J connectivity index is 1.73. The summed E-state index contributed by atoms with van der Waals surface area (Å²) in [4.78, 5) is 42.9. The van der Waals surface area contributed by atoms with Gasteiger partial charge in [0.2, 0.25) is 0 Å². The third-order valence-electron chi connectivity index (χ3n) is 7.26. The number of carbonyl (C=O) groups excluding carboxylic acids is 2. The van der Waals surface area contributed by atoms with Gasteiger partial charge in [-0.15, -0.1) is 0 Å². The minimum absolute atomic E-state index is 0.0605. The number of benzene rings is 1. The van der Waals surface area contributed by atoms with Crippen molar-refractivity contribution in [3.8, 4) is 0 Å². The maximum absolute atomic E-state index is 14.4. The molecule has 1 N–H and O–H groups in total. The number of hydrogen-bond acceptors (Lipinski definition) is 5. The van der Waals surface area contributed by atoms with E-state index >= 15 is 0 Å². The van der Waals surface area contributed by atoms with Crippen molar-refractivity contribution in [1.82, 2.24) is 19.7 Å². The van der Waals surface area contributed by atoms with E-state index in [9.17, 15) is 41.4 Å². The number of amides is 1. The lowest BCUT2D eigenvalue weighted by Crippen LogP contribution is -2.37. The van der Waals surface area contributed by atoms with Gasteiger partial charge >= 0.3 is 12.1 Å². The molecule has 0 radical (unpaired) electrons. The number of alkyl halides is 3. The summed E-state index contributed by atoms with van der Waals surface area (Å²) in [6, 6.07) is 1.46. The molecule has 0 bridgehead atoms. The standard InChI is InChI=1S/C27H23Cl2F5N4O4/c1-26(25(41)42)4-2-17(3-5-26)38-23(27(32,33)34)18(9-36-38)24(40)37(12-14-6-15(30)8-16(31)7-14)13-21(39)22-19(28)10-35-11-20(22)29/h6-11,17H,2-5,12-13H2,1H3,(H,41,42). The second kappa shape index (κ2) is 12.0. The number of carbonyl (C=O) groups is 3. The number of hydrogen-bond donors (Lipinski definition) is 1. The quantitative estimate of drug-likeness (QED) is 0.221. The zero-order valence-electron chi connectivity index (χ0n) is 21.9. The van der Waals surface area contributed by atoms with Crippen molar-refractivity contribution in [1.29, 1.82) is 0 Å². The number of carboxylic acids is 1. The normalized spacial score (nSPS) is 19.0. The zero-order chi connectivity index (χ0) is 31.0. The average molecular weight is 633 g/mol. The first-order valence-electron chi connectivity index (χ1n) is 12.6. The van der Waals surface area contributed by atoms with E-state index in [0.717, 1.165) is 24.5 Å².